The van der Waals surface area contributed by atoms with E-state index in [0.717, 1.165) is 35.8 Å². The molecule has 4 heteroatoms. The molecule has 2 rings (SSSR count). The highest BCUT2D eigenvalue weighted by Gasteiger charge is 2.02. The van der Waals surface area contributed by atoms with E-state index >= 15 is 0 Å². The van der Waals surface area contributed by atoms with Crippen molar-refractivity contribution in [2.75, 3.05) is 11.9 Å². The third-order valence-corrected chi connectivity index (χ3v) is 3.37. The maximum atomic E-state index is 8.43. The first-order valence-corrected chi connectivity index (χ1v) is 6.90. The van der Waals surface area contributed by atoms with Gasteiger partial charge in [-0.2, -0.15) is 5.26 Å². The minimum absolute atomic E-state index is 0.634. The van der Waals surface area contributed by atoms with Gasteiger partial charge in [0, 0.05) is 23.9 Å². The number of nitrogens with zero attached hydrogens (tertiary/aromatic N) is 2. The van der Waals surface area contributed by atoms with Crippen molar-refractivity contribution < 1.29 is 0 Å². The van der Waals surface area contributed by atoms with Gasteiger partial charge in [0.15, 0.2) is 5.13 Å². The Bertz CT molecular complexity index is 513. The molecule has 0 aliphatic heterocycles. The quantitative estimate of drug-likeness (QED) is 0.798. The molecule has 18 heavy (non-hydrogen) atoms. The Balaban J connectivity index is 1.86. The van der Waals surface area contributed by atoms with E-state index in [0.29, 0.717) is 6.42 Å². The third kappa shape index (κ3) is 3.57. The van der Waals surface area contributed by atoms with Crippen LogP contribution in [0.4, 0.5) is 5.13 Å². The van der Waals surface area contributed by atoms with Gasteiger partial charge in [0.1, 0.15) is 0 Å². The van der Waals surface area contributed by atoms with Crippen molar-refractivity contribution in [3.05, 3.63) is 35.7 Å². The molecule has 1 aromatic carbocycles. The summed E-state index contributed by atoms with van der Waals surface area (Å²) in [5.74, 6) is 0. The summed E-state index contributed by atoms with van der Waals surface area (Å²) in [7, 11) is 0. The molecular weight excluding hydrogens is 242 g/mol. The molecule has 92 valence electrons. The van der Waals surface area contributed by atoms with Crippen molar-refractivity contribution in [3.8, 4) is 17.3 Å². The Morgan fingerprint density at radius 3 is 2.83 bits per heavy atom. The molecule has 0 aliphatic carbocycles. The van der Waals surface area contributed by atoms with Crippen molar-refractivity contribution in [3.63, 3.8) is 0 Å². The van der Waals surface area contributed by atoms with E-state index in [1.54, 1.807) is 11.3 Å². The summed E-state index contributed by atoms with van der Waals surface area (Å²) in [5, 5.41) is 14.7. The number of nitrogens with one attached hydrogen (secondary N) is 1. The van der Waals surface area contributed by atoms with Gasteiger partial charge in [-0.05, 0) is 12.8 Å². The minimum atomic E-state index is 0.634. The van der Waals surface area contributed by atoms with Gasteiger partial charge < -0.3 is 5.32 Å². The average molecular weight is 257 g/mol. The number of rotatable bonds is 6. The second-order valence-corrected chi connectivity index (χ2v) is 4.80. The van der Waals surface area contributed by atoms with Crippen LogP contribution in [-0.2, 0) is 0 Å². The first kappa shape index (κ1) is 12.6. The van der Waals surface area contributed by atoms with Gasteiger partial charge in [-0.1, -0.05) is 30.3 Å². The van der Waals surface area contributed by atoms with Crippen molar-refractivity contribution in [1.29, 1.82) is 5.26 Å². The Morgan fingerprint density at radius 1 is 1.22 bits per heavy atom. The molecular formula is C14H15N3S. The van der Waals surface area contributed by atoms with Gasteiger partial charge in [0.2, 0.25) is 0 Å². The van der Waals surface area contributed by atoms with Gasteiger partial charge in [-0.3, -0.25) is 0 Å². The topological polar surface area (TPSA) is 48.7 Å². The number of hydrogen-bond donors (Lipinski definition) is 1. The van der Waals surface area contributed by atoms with Crippen LogP contribution < -0.4 is 5.32 Å². The van der Waals surface area contributed by atoms with Crippen LogP contribution in [0, 0.1) is 11.3 Å². The average Bonchev–Trinajstić information content (AvgIpc) is 2.88. The molecule has 0 aliphatic rings. The van der Waals surface area contributed by atoms with Gasteiger partial charge in [0.05, 0.1) is 11.8 Å². The van der Waals surface area contributed by atoms with Gasteiger partial charge in [-0.25, -0.2) is 4.98 Å². The van der Waals surface area contributed by atoms with Crippen molar-refractivity contribution in [1.82, 2.24) is 4.98 Å². The molecule has 0 amide bonds. The maximum Gasteiger partial charge on any atom is 0.183 e. The zero-order valence-electron chi connectivity index (χ0n) is 10.1. The maximum absolute atomic E-state index is 8.43. The molecule has 0 saturated carbocycles. The highest BCUT2D eigenvalue weighted by atomic mass is 32.1. The van der Waals surface area contributed by atoms with E-state index in [9.17, 15) is 0 Å². The predicted octanol–water partition coefficient (Wildman–Crippen LogP) is 3.92. The lowest BCUT2D eigenvalue weighted by molar-refractivity contribution is 0.784. The van der Waals surface area contributed by atoms with Gasteiger partial charge in [0.25, 0.3) is 0 Å². The van der Waals surface area contributed by atoms with Crippen molar-refractivity contribution in [2.24, 2.45) is 0 Å². The molecule has 3 nitrogen and oxygen atoms in total. The number of anilines is 1. The molecule has 0 atom stereocenters. The molecule has 0 radical (unpaired) electrons. The Kier molecular flexibility index (Phi) is 4.74. The lowest BCUT2D eigenvalue weighted by atomic mass is 10.2. The fourth-order valence-corrected chi connectivity index (χ4v) is 2.37. The SMILES string of the molecule is N#CCCCCNc1nc(-c2ccccc2)cs1. The van der Waals surface area contributed by atoms with Crippen LogP contribution >= 0.6 is 11.3 Å². The number of nitriles is 1. The molecule has 0 saturated heterocycles. The zero-order valence-corrected chi connectivity index (χ0v) is 10.9. The molecule has 0 spiro atoms. The normalized spacial score (nSPS) is 9.94. The van der Waals surface area contributed by atoms with Crippen LogP contribution in [0.5, 0.6) is 0 Å². The highest BCUT2D eigenvalue weighted by Crippen LogP contribution is 2.24. The highest BCUT2D eigenvalue weighted by molar-refractivity contribution is 7.14. The largest absolute Gasteiger partial charge is 0.362 e. The third-order valence-electron chi connectivity index (χ3n) is 2.57. The van der Waals surface area contributed by atoms with E-state index in [4.69, 9.17) is 5.26 Å². The van der Waals surface area contributed by atoms with Crippen LogP contribution in [-0.4, -0.2) is 11.5 Å². The summed E-state index contributed by atoms with van der Waals surface area (Å²) in [6.45, 7) is 0.878. The number of benzene rings is 1. The molecule has 0 fully saturated rings. The summed E-state index contributed by atoms with van der Waals surface area (Å²) in [4.78, 5) is 4.54. The van der Waals surface area contributed by atoms with Crippen LogP contribution in [0.3, 0.4) is 0 Å². The van der Waals surface area contributed by atoms with Gasteiger partial charge in [-0.15, -0.1) is 11.3 Å². The van der Waals surface area contributed by atoms with Crippen molar-refractivity contribution in [2.45, 2.75) is 19.3 Å². The monoisotopic (exact) mass is 257 g/mol. The van der Waals surface area contributed by atoms with E-state index in [1.165, 1.54) is 0 Å². The lowest BCUT2D eigenvalue weighted by Crippen LogP contribution is -2.00. The number of aromatic nitrogens is 1. The molecule has 2 aromatic rings. The Hall–Kier alpha value is -1.86. The number of unbranched alkanes of at least 4 members (excludes halogenated alkanes) is 2. The van der Waals surface area contributed by atoms with E-state index in [-0.39, 0.29) is 0 Å². The zero-order chi connectivity index (χ0) is 12.6. The molecule has 1 heterocycles. The molecule has 0 bridgehead atoms. The van der Waals surface area contributed by atoms with Crippen LogP contribution in [0.1, 0.15) is 19.3 Å². The van der Waals surface area contributed by atoms with Crippen molar-refractivity contribution >= 4 is 16.5 Å². The van der Waals surface area contributed by atoms with E-state index in [1.807, 2.05) is 18.2 Å². The minimum Gasteiger partial charge on any atom is -0.362 e. The summed E-state index contributed by atoms with van der Waals surface area (Å²) >= 11 is 1.62. The predicted molar refractivity (Wildman–Crippen MR) is 75.5 cm³/mol. The van der Waals surface area contributed by atoms with E-state index in [2.05, 4.69) is 33.9 Å². The van der Waals surface area contributed by atoms with Crippen LogP contribution in [0.2, 0.25) is 0 Å². The molecule has 0 unspecified atom stereocenters. The Morgan fingerprint density at radius 2 is 2.06 bits per heavy atom. The standard InChI is InChI=1S/C14H15N3S/c15-9-5-2-6-10-16-14-17-13(11-18-14)12-7-3-1-4-8-12/h1,3-4,7-8,11H,2,5-6,10H2,(H,16,17). The second kappa shape index (κ2) is 6.77. The fourth-order valence-electron chi connectivity index (χ4n) is 1.62. The second-order valence-electron chi connectivity index (χ2n) is 3.95. The number of hydrogen-bond acceptors (Lipinski definition) is 4. The summed E-state index contributed by atoms with van der Waals surface area (Å²) in [6, 6.07) is 12.3. The molecule has 1 aromatic heterocycles. The summed E-state index contributed by atoms with van der Waals surface area (Å²) < 4.78 is 0. The summed E-state index contributed by atoms with van der Waals surface area (Å²) in [5.41, 5.74) is 2.16. The number of thiazole rings is 1. The van der Waals surface area contributed by atoms with E-state index < -0.39 is 0 Å². The lowest BCUT2D eigenvalue weighted by Gasteiger charge is -2.00. The first-order chi connectivity index (χ1) is 8.90. The van der Waals surface area contributed by atoms with Gasteiger partial charge >= 0.3 is 0 Å². The summed E-state index contributed by atoms with van der Waals surface area (Å²) in [6.07, 6.45) is 2.59. The first-order valence-electron chi connectivity index (χ1n) is 6.02. The smallest absolute Gasteiger partial charge is 0.183 e. The molecule has 1 N–H and O–H groups in total. The Labute approximate surface area is 111 Å². The van der Waals surface area contributed by atoms with Crippen LogP contribution in [0.15, 0.2) is 35.7 Å². The van der Waals surface area contributed by atoms with Crippen LogP contribution in [0.25, 0.3) is 11.3 Å². The fraction of sp³-hybridized carbons (Fsp3) is 0.286.